The van der Waals surface area contributed by atoms with Crippen LogP contribution in [0.3, 0.4) is 0 Å². The van der Waals surface area contributed by atoms with E-state index in [0.717, 1.165) is 4.47 Å². The molecule has 0 saturated heterocycles. The molecule has 0 bridgehead atoms. The molecule has 0 aliphatic rings. The first-order valence-electron chi connectivity index (χ1n) is 7.16. The van der Waals surface area contributed by atoms with Crippen LogP contribution in [0.25, 0.3) is 0 Å². The van der Waals surface area contributed by atoms with Gasteiger partial charge in [-0.05, 0) is 25.1 Å². The highest BCUT2D eigenvalue weighted by molar-refractivity contribution is 9.10. The molecule has 1 aromatic rings. The van der Waals surface area contributed by atoms with Crippen molar-refractivity contribution in [2.45, 2.75) is 13.3 Å². The summed E-state index contributed by atoms with van der Waals surface area (Å²) < 4.78 is 16.2. The average Bonchev–Trinajstić information content (AvgIpc) is 2.54. The topological polar surface area (TPSA) is 85.9 Å². The van der Waals surface area contributed by atoms with Crippen molar-refractivity contribution in [1.29, 1.82) is 0 Å². The Balaban J connectivity index is 2.60. The summed E-state index contributed by atoms with van der Waals surface area (Å²) in [7, 11) is 1.57. The number of hydrogen-bond acceptors (Lipinski definition) is 5. The van der Waals surface area contributed by atoms with Crippen molar-refractivity contribution in [3.05, 3.63) is 28.2 Å². The van der Waals surface area contributed by atoms with E-state index in [9.17, 15) is 9.59 Å². The minimum Gasteiger partial charge on any atom is -0.490 e. The van der Waals surface area contributed by atoms with Crippen molar-refractivity contribution in [2.75, 3.05) is 33.5 Å². The quantitative estimate of drug-likeness (QED) is 0.496. The van der Waals surface area contributed by atoms with Crippen molar-refractivity contribution in [2.24, 2.45) is 0 Å². The van der Waals surface area contributed by atoms with Gasteiger partial charge in [-0.1, -0.05) is 15.9 Å². The monoisotopic (exact) mass is 388 g/mol. The van der Waals surface area contributed by atoms with Crippen LogP contribution in [0.4, 0.5) is 0 Å². The van der Waals surface area contributed by atoms with Gasteiger partial charge in [0.2, 0.25) is 5.91 Å². The molecule has 0 aliphatic heterocycles. The number of hydrogen-bond donors (Lipinski definition) is 2. The van der Waals surface area contributed by atoms with Gasteiger partial charge >= 0.3 is 0 Å². The fourth-order valence-electron chi connectivity index (χ4n) is 1.61. The van der Waals surface area contributed by atoms with Crippen LogP contribution in [0.15, 0.2) is 22.7 Å². The van der Waals surface area contributed by atoms with Gasteiger partial charge in [-0.25, -0.2) is 0 Å². The molecule has 0 saturated carbocycles. The Kier molecular flexibility index (Phi) is 9.27. The van der Waals surface area contributed by atoms with Gasteiger partial charge in [0.05, 0.1) is 25.2 Å². The molecule has 0 unspecified atom stereocenters. The zero-order chi connectivity index (χ0) is 17.1. The number of nitrogens with one attached hydrogen (secondary N) is 2. The lowest BCUT2D eigenvalue weighted by Gasteiger charge is -2.12. The van der Waals surface area contributed by atoms with Gasteiger partial charge in [-0.3, -0.25) is 20.4 Å². The molecule has 2 N–H and O–H groups in total. The Morgan fingerprint density at radius 2 is 1.96 bits per heavy atom. The number of amides is 2. The summed E-state index contributed by atoms with van der Waals surface area (Å²) in [6.45, 7) is 3.42. The Morgan fingerprint density at radius 1 is 1.17 bits per heavy atom. The summed E-state index contributed by atoms with van der Waals surface area (Å²) in [4.78, 5) is 23.7. The molecule has 0 heterocycles. The van der Waals surface area contributed by atoms with Crippen LogP contribution in [-0.2, 0) is 14.3 Å². The molecule has 2 amide bonds. The summed E-state index contributed by atoms with van der Waals surface area (Å²) in [5.41, 5.74) is 5.00. The maximum atomic E-state index is 12.2. The number of rotatable bonds is 9. The van der Waals surface area contributed by atoms with Crippen LogP contribution in [0, 0.1) is 0 Å². The standard InChI is InChI=1S/C15H21BrN2O5/c1-3-22-7-6-14(19)17-18-15(20)12-10-11(16)4-5-13(12)23-9-8-21-2/h4-5,10H,3,6-9H2,1-2H3,(H,17,19)(H,18,20). The first kappa shape index (κ1) is 19.4. The molecule has 0 aromatic heterocycles. The average molecular weight is 389 g/mol. The molecule has 0 aliphatic carbocycles. The third-order valence-corrected chi connectivity index (χ3v) is 3.22. The van der Waals surface area contributed by atoms with Gasteiger partial charge in [0.25, 0.3) is 5.91 Å². The molecular weight excluding hydrogens is 368 g/mol. The zero-order valence-corrected chi connectivity index (χ0v) is 14.8. The van der Waals surface area contributed by atoms with Crippen LogP contribution < -0.4 is 15.6 Å². The highest BCUT2D eigenvalue weighted by Gasteiger charge is 2.14. The second-order valence-electron chi connectivity index (χ2n) is 4.43. The lowest BCUT2D eigenvalue weighted by Crippen LogP contribution is -2.42. The van der Waals surface area contributed by atoms with Gasteiger partial charge < -0.3 is 14.2 Å². The number of methoxy groups -OCH3 is 1. The lowest BCUT2D eigenvalue weighted by atomic mass is 10.2. The van der Waals surface area contributed by atoms with Crippen molar-refractivity contribution >= 4 is 27.7 Å². The normalized spacial score (nSPS) is 10.2. The molecule has 0 fully saturated rings. The van der Waals surface area contributed by atoms with Crippen molar-refractivity contribution in [3.63, 3.8) is 0 Å². The minimum atomic E-state index is -0.469. The van der Waals surface area contributed by atoms with Gasteiger partial charge in [0.15, 0.2) is 0 Å². The Labute approximate surface area is 143 Å². The summed E-state index contributed by atoms with van der Waals surface area (Å²) in [5, 5.41) is 0. The fraction of sp³-hybridized carbons (Fsp3) is 0.467. The van der Waals surface area contributed by atoms with Gasteiger partial charge in [-0.2, -0.15) is 0 Å². The largest absolute Gasteiger partial charge is 0.490 e. The maximum Gasteiger partial charge on any atom is 0.273 e. The molecule has 23 heavy (non-hydrogen) atoms. The first-order valence-corrected chi connectivity index (χ1v) is 7.96. The van der Waals surface area contributed by atoms with Crippen LogP contribution in [0.1, 0.15) is 23.7 Å². The van der Waals surface area contributed by atoms with E-state index >= 15 is 0 Å². The summed E-state index contributed by atoms with van der Waals surface area (Å²) in [6.07, 6.45) is 0.170. The van der Waals surface area contributed by atoms with Gasteiger partial charge in [0.1, 0.15) is 12.4 Å². The molecular formula is C15H21BrN2O5. The van der Waals surface area contributed by atoms with Crippen LogP contribution >= 0.6 is 15.9 Å². The fourth-order valence-corrected chi connectivity index (χ4v) is 1.97. The molecule has 0 atom stereocenters. The molecule has 1 rings (SSSR count). The Hall–Kier alpha value is -1.64. The van der Waals surface area contributed by atoms with Crippen molar-refractivity contribution < 1.29 is 23.8 Å². The third-order valence-electron chi connectivity index (χ3n) is 2.72. The number of ether oxygens (including phenoxy) is 3. The Morgan fingerprint density at radius 3 is 2.65 bits per heavy atom. The molecule has 0 radical (unpaired) electrons. The highest BCUT2D eigenvalue weighted by Crippen LogP contribution is 2.23. The van der Waals surface area contributed by atoms with Crippen LogP contribution in [0.5, 0.6) is 5.75 Å². The third kappa shape index (κ3) is 7.45. The smallest absolute Gasteiger partial charge is 0.273 e. The van der Waals surface area contributed by atoms with Gasteiger partial charge in [0, 0.05) is 18.2 Å². The molecule has 0 spiro atoms. The number of hydrazine groups is 1. The van der Waals surface area contributed by atoms with E-state index in [1.54, 1.807) is 25.3 Å². The molecule has 7 nitrogen and oxygen atoms in total. The molecule has 8 heteroatoms. The van der Waals surface area contributed by atoms with E-state index in [4.69, 9.17) is 14.2 Å². The second-order valence-corrected chi connectivity index (χ2v) is 5.35. The highest BCUT2D eigenvalue weighted by atomic mass is 79.9. The van der Waals surface area contributed by atoms with E-state index < -0.39 is 5.91 Å². The Bertz CT molecular complexity index is 525. The van der Waals surface area contributed by atoms with E-state index in [2.05, 4.69) is 26.8 Å². The predicted molar refractivity (Wildman–Crippen MR) is 88.2 cm³/mol. The van der Waals surface area contributed by atoms with Crippen molar-refractivity contribution in [1.82, 2.24) is 10.9 Å². The number of carbonyl (C=O) groups is 2. The molecule has 128 valence electrons. The maximum absolute atomic E-state index is 12.2. The van der Waals surface area contributed by atoms with Crippen LogP contribution in [0.2, 0.25) is 0 Å². The zero-order valence-electron chi connectivity index (χ0n) is 13.2. The summed E-state index contributed by atoms with van der Waals surface area (Å²) in [5.74, 6) is -0.390. The number of halogens is 1. The molecule has 1 aromatic carbocycles. The van der Waals surface area contributed by atoms with Crippen LogP contribution in [-0.4, -0.2) is 45.4 Å². The van der Waals surface area contributed by atoms with Gasteiger partial charge in [-0.15, -0.1) is 0 Å². The predicted octanol–water partition coefficient (Wildman–Crippen LogP) is 1.66. The lowest BCUT2D eigenvalue weighted by molar-refractivity contribution is -0.122. The first-order chi connectivity index (χ1) is 11.1. The van der Waals surface area contributed by atoms with E-state index in [0.29, 0.717) is 37.7 Å². The van der Waals surface area contributed by atoms with E-state index in [1.165, 1.54) is 0 Å². The van der Waals surface area contributed by atoms with E-state index in [-0.39, 0.29) is 12.3 Å². The summed E-state index contributed by atoms with van der Waals surface area (Å²) in [6, 6.07) is 5.05. The SMILES string of the molecule is CCOCCC(=O)NNC(=O)c1cc(Br)ccc1OCCOC. The number of carbonyl (C=O) groups excluding carboxylic acids is 2. The summed E-state index contributed by atoms with van der Waals surface area (Å²) >= 11 is 3.30. The van der Waals surface area contributed by atoms with Crippen molar-refractivity contribution in [3.8, 4) is 5.75 Å². The number of benzene rings is 1. The second kappa shape index (κ2) is 11.0. The van der Waals surface area contributed by atoms with E-state index in [1.807, 2.05) is 6.92 Å². The minimum absolute atomic E-state index is 0.170.